The molecular formula is C13H28N2O2. The van der Waals surface area contributed by atoms with Crippen LogP contribution in [0.25, 0.3) is 0 Å². The van der Waals surface area contributed by atoms with E-state index in [1.54, 1.807) is 0 Å². The molecular weight excluding hydrogens is 216 g/mol. The van der Waals surface area contributed by atoms with Crippen molar-refractivity contribution in [3.8, 4) is 0 Å². The number of carbonyl (C=O) groups excluding carboxylic acids is 1. The molecule has 0 saturated heterocycles. The highest BCUT2D eigenvalue weighted by Gasteiger charge is 2.12. The molecule has 2 amide bonds. The fourth-order valence-corrected chi connectivity index (χ4v) is 1.60. The summed E-state index contributed by atoms with van der Waals surface area (Å²) in [4.78, 5) is 11.6. The summed E-state index contributed by atoms with van der Waals surface area (Å²) < 4.78 is 0. The standard InChI is InChI=1S/C13H28N2O2/c1-5-6-12(7-8-16)9-14-13(17)15-11(4)10(2)3/h10-12,16H,5-9H2,1-4H3,(H2,14,15,17). The number of urea groups is 1. The second-order valence-electron chi connectivity index (χ2n) is 5.05. The molecule has 0 fully saturated rings. The summed E-state index contributed by atoms with van der Waals surface area (Å²) >= 11 is 0. The minimum atomic E-state index is -0.106. The highest BCUT2D eigenvalue weighted by molar-refractivity contribution is 5.74. The average molecular weight is 244 g/mol. The second-order valence-corrected chi connectivity index (χ2v) is 5.05. The van der Waals surface area contributed by atoms with Crippen LogP contribution in [0.5, 0.6) is 0 Å². The lowest BCUT2D eigenvalue weighted by molar-refractivity contribution is 0.224. The van der Waals surface area contributed by atoms with Crippen LogP contribution < -0.4 is 10.6 Å². The smallest absolute Gasteiger partial charge is 0.315 e. The minimum absolute atomic E-state index is 0.106. The molecule has 0 aromatic carbocycles. The van der Waals surface area contributed by atoms with Crippen molar-refractivity contribution in [3.05, 3.63) is 0 Å². The number of nitrogens with one attached hydrogen (secondary N) is 2. The van der Waals surface area contributed by atoms with Crippen LogP contribution in [0.1, 0.15) is 47.0 Å². The zero-order chi connectivity index (χ0) is 13.3. The molecule has 0 aliphatic carbocycles. The predicted molar refractivity (Wildman–Crippen MR) is 70.9 cm³/mol. The van der Waals surface area contributed by atoms with Gasteiger partial charge in [-0.25, -0.2) is 4.79 Å². The molecule has 0 rings (SSSR count). The Labute approximate surface area is 105 Å². The average Bonchev–Trinajstić information content (AvgIpc) is 2.26. The highest BCUT2D eigenvalue weighted by atomic mass is 16.3. The molecule has 2 unspecified atom stereocenters. The van der Waals surface area contributed by atoms with E-state index in [1.165, 1.54) is 0 Å². The molecule has 3 N–H and O–H groups in total. The minimum Gasteiger partial charge on any atom is -0.396 e. The molecule has 0 heterocycles. The molecule has 0 aliphatic rings. The van der Waals surface area contributed by atoms with E-state index in [0.29, 0.717) is 18.4 Å². The van der Waals surface area contributed by atoms with E-state index in [-0.39, 0.29) is 18.7 Å². The zero-order valence-corrected chi connectivity index (χ0v) is 11.6. The molecule has 0 aliphatic heterocycles. The van der Waals surface area contributed by atoms with Gasteiger partial charge in [0, 0.05) is 19.2 Å². The first kappa shape index (κ1) is 16.2. The first-order chi connectivity index (χ1) is 8.01. The largest absolute Gasteiger partial charge is 0.396 e. The number of amides is 2. The van der Waals surface area contributed by atoms with Gasteiger partial charge in [0.1, 0.15) is 0 Å². The Morgan fingerprint density at radius 3 is 2.35 bits per heavy atom. The fourth-order valence-electron chi connectivity index (χ4n) is 1.60. The van der Waals surface area contributed by atoms with Crippen molar-refractivity contribution in [3.63, 3.8) is 0 Å². The van der Waals surface area contributed by atoms with Gasteiger partial charge in [-0.05, 0) is 31.6 Å². The summed E-state index contributed by atoms with van der Waals surface area (Å²) in [5.74, 6) is 0.815. The zero-order valence-electron chi connectivity index (χ0n) is 11.6. The molecule has 0 spiro atoms. The Morgan fingerprint density at radius 1 is 1.24 bits per heavy atom. The summed E-state index contributed by atoms with van der Waals surface area (Å²) in [5.41, 5.74) is 0. The normalized spacial score (nSPS) is 14.5. The molecule has 17 heavy (non-hydrogen) atoms. The molecule has 0 aromatic rings. The number of carbonyl (C=O) groups is 1. The quantitative estimate of drug-likeness (QED) is 0.612. The van der Waals surface area contributed by atoms with Crippen LogP contribution in [0.2, 0.25) is 0 Å². The van der Waals surface area contributed by atoms with Crippen molar-refractivity contribution in [1.29, 1.82) is 0 Å². The van der Waals surface area contributed by atoms with E-state index in [2.05, 4.69) is 31.4 Å². The van der Waals surface area contributed by atoms with E-state index in [0.717, 1.165) is 19.3 Å². The van der Waals surface area contributed by atoms with Gasteiger partial charge in [-0.3, -0.25) is 0 Å². The maximum Gasteiger partial charge on any atom is 0.315 e. The van der Waals surface area contributed by atoms with Crippen molar-refractivity contribution >= 4 is 6.03 Å². The predicted octanol–water partition coefficient (Wildman–Crippen LogP) is 2.13. The molecule has 0 bridgehead atoms. The van der Waals surface area contributed by atoms with Gasteiger partial charge in [0.25, 0.3) is 0 Å². The topological polar surface area (TPSA) is 61.4 Å². The number of aliphatic hydroxyl groups is 1. The third-order valence-electron chi connectivity index (χ3n) is 3.14. The van der Waals surface area contributed by atoms with Gasteiger partial charge in [0.05, 0.1) is 0 Å². The molecule has 102 valence electrons. The van der Waals surface area contributed by atoms with Gasteiger partial charge in [-0.2, -0.15) is 0 Å². The van der Waals surface area contributed by atoms with Gasteiger partial charge >= 0.3 is 6.03 Å². The van der Waals surface area contributed by atoms with Gasteiger partial charge in [0.15, 0.2) is 0 Å². The lowest BCUT2D eigenvalue weighted by Gasteiger charge is -2.20. The Bertz CT molecular complexity index is 202. The van der Waals surface area contributed by atoms with Crippen molar-refractivity contribution in [2.45, 2.75) is 53.0 Å². The van der Waals surface area contributed by atoms with Crippen LogP contribution in [0.15, 0.2) is 0 Å². The Hall–Kier alpha value is -0.770. The summed E-state index contributed by atoms with van der Waals surface area (Å²) in [7, 11) is 0. The van der Waals surface area contributed by atoms with Crippen molar-refractivity contribution in [2.24, 2.45) is 11.8 Å². The third kappa shape index (κ3) is 8.02. The maximum absolute atomic E-state index is 11.6. The van der Waals surface area contributed by atoms with E-state index in [4.69, 9.17) is 5.11 Å². The first-order valence-electron chi connectivity index (χ1n) is 6.66. The van der Waals surface area contributed by atoms with Crippen LogP contribution in [0.3, 0.4) is 0 Å². The number of aliphatic hydroxyl groups excluding tert-OH is 1. The summed E-state index contributed by atoms with van der Waals surface area (Å²) in [5, 5.41) is 14.7. The molecule has 0 radical (unpaired) electrons. The monoisotopic (exact) mass is 244 g/mol. The van der Waals surface area contributed by atoms with Crippen LogP contribution in [0, 0.1) is 11.8 Å². The van der Waals surface area contributed by atoms with Crippen LogP contribution in [-0.2, 0) is 0 Å². The lowest BCUT2D eigenvalue weighted by Crippen LogP contribution is -2.44. The van der Waals surface area contributed by atoms with Crippen molar-refractivity contribution < 1.29 is 9.90 Å². The fraction of sp³-hybridized carbons (Fsp3) is 0.923. The van der Waals surface area contributed by atoms with Gasteiger partial charge in [-0.1, -0.05) is 27.2 Å². The number of rotatable bonds is 8. The Balaban J connectivity index is 3.87. The summed E-state index contributed by atoms with van der Waals surface area (Å²) in [6.07, 6.45) is 2.88. The summed E-state index contributed by atoms with van der Waals surface area (Å²) in [6.45, 7) is 9.11. The number of hydrogen-bond acceptors (Lipinski definition) is 2. The SMILES string of the molecule is CCCC(CCO)CNC(=O)NC(C)C(C)C. The lowest BCUT2D eigenvalue weighted by atomic mass is 10.0. The van der Waals surface area contributed by atoms with Gasteiger partial charge in [0.2, 0.25) is 0 Å². The Morgan fingerprint density at radius 2 is 1.88 bits per heavy atom. The van der Waals surface area contributed by atoms with E-state index < -0.39 is 0 Å². The van der Waals surface area contributed by atoms with Crippen LogP contribution in [-0.4, -0.2) is 30.3 Å². The van der Waals surface area contributed by atoms with Crippen LogP contribution >= 0.6 is 0 Å². The summed E-state index contributed by atoms with van der Waals surface area (Å²) in [6, 6.07) is 0.0720. The van der Waals surface area contributed by atoms with Gasteiger partial charge < -0.3 is 15.7 Å². The second kappa shape index (κ2) is 9.28. The van der Waals surface area contributed by atoms with E-state index in [9.17, 15) is 4.79 Å². The Kier molecular flexibility index (Phi) is 8.86. The molecule has 4 heteroatoms. The third-order valence-corrected chi connectivity index (χ3v) is 3.14. The van der Waals surface area contributed by atoms with E-state index in [1.807, 2.05) is 6.92 Å². The first-order valence-corrected chi connectivity index (χ1v) is 6.66. The van der Waals surface area contributed by atoms with Crippen LogP contribution in [0.4, 0.5) is 4.79 Å². The molecule has 0 aromatic heterocycles. The van der Waals surface area contributed by atoms with Crippen molar-refractivity contribution in [2.75, 3.05) is 13.2 Å². The molecule has 0 saturated carbocycles. The highest BCUT2D eigenvalue weighted by Crippen LogP contribution is 2.09. The molecule has 4 nitrogen and oxygen atoms in total. The maximum atomic E-state index is 11.6. The molecule has 2 atom stereocenters. The number of hydrogen-bond donors (Lipinski definition) is 3. The van der Waals surface area contributed by atoms with E-state index >= 15 is 0 Å². The van der Waals surface area contributed by atoms with Gasteiger partial charge in [-0.15, -0.1) is 0 Å². The van der Waals surface area contributed by atoms with Crippen molar-refractivity contribution in [1.82, 2.24) is 10.6 Å².